The summed E-state index contributed by atoms with van der Waals surface area (Å²) in [5.41, 5.74) is 12.6. The SMILES string of the molecule is CC1(C)CCCC(C)(C)N1CCOc1ccc(-n2nc(N)nc2N)cc1. The third kappa shape index (κ3) is 3.77. The number of hydrogen-bond acceptors (Lipinski definition) is 6. The lowest BCUT2D eigenvalue weighted by molar-refractivity contribution is -0.0340. The average Bonchev–Trinajstić information content (AvgIpc) is 2.88. The molecular weight excluding hydrogens is 328 g/mol. The second-order valence-corrected chi connectivity index (χ2v) is 8.21. The fraction of sp³-hybridized carbons (Fsp3) is 0.579. The van der Waals surface area contributed by atoms with Gasteiger partial charge in [-0.05, 0) is 71.2 Å². The molecule has 1 aromatic heterocycles. The summed E-state index contributed by atoms with van der Waals surface area (Å²) in [6, 6.07) is 7.63. The van der Waals surface area contributed by atoms with Gasteiger partial charge in [0.15, 0.2) is 0 Å². The highest BCUT2D eigenvalue weighted by Crippen LogP contribution is 2.37. The topological polar surface area (TPSA) is 95.2 Å². The van der Waals surface area contributed by atoms with E-state index in [2.05, 4.69) is 42.7 Å². The fourth-order valence-electron chi connectivity index (χ4n) is 4.12. The summed E-state index contributed by atoms with van der Waals surface area (Å²) in [4.78, 5) is 6.49. The first kappa shape index (κ1) is 18.5. The van der Waals surface area contributed by atoms with Crippen LogP contribution in [0.25, 0.3) is 5.69 Å². The number of nitrogen functional groups attached to an aromatic ring is 2. The van der Waals surface area contributed by atoms with Gasteiger partial charge in [-0.25, -0.2) is 0 Å². The van der Waals surface area contributed by atoms with E-state index in [9.17, 15) is 0 Å². The number of likely N-dealkylation sites (tertiary alicyclic amines) is 1. The molecule has 1 aliphatic rings. The Morgan fingerprint density at radius 3 is 2.19 bits per heavy atom. The van der Waals surface area contributed by atoms with Crippen molar-refractivity contribution in [2.45, 2.75) is 58.0 Å². The van der Waals surface area contributed by atoms with E-state index in [-0.39, 0.29) is 23.0 Å². The van der Waals surface area contributed by atoms with E-state index in [1.807, 2.05) is 24.3 Å². The summed E-state index contributed by atoms with van der Waals surface area (Å²) in [6.45, 7) is 10.9. The highest BCUT2D eigenvalue weighted by atomic mass is 16.5. The van der Waals surface area contributed by atoms with Crippen LogP contribution in [-0.2, 0) is 0 Å². The van der Waals surface area contributed by atoms with Gasteiger partial charge in [-0.3, -0.25) is 4.90 Å². The smallest absolute Gasteiger partial charge is 0.241 e. The number of nitrogens with two attached hydrogens (primary N) is 2. The minimum atomic E-state index is 0.162. The monoisotopic (exact) mass is 358 g/mol. The maximum atomic E-state index is 5.98. The van der Waals surface area contributed by atoms with Crippen molar-refractivity contribution >= 4 is 11.9 Å². The van der Waals surface area contributed by atoms with Crippen LogP contribution >= 0.6 is 0 Å². The van der Waals surface area contributed by atoms with Crippen LogP contribution in [0, 0.1) is 0 Å². The van der Waals surface area contributed by atoms with Gasteiger partial charge >= 0.3 is 0 Å². The lowest BCUT2D eigenvalue weighted by Gasteiger charge is -2.53. The van der Waals surface area contributed by atoms with Gasteiger partial charge in [0.25, 0.3) is 0 Å². The van der Waals surface area contributed by atoms with Gasteiger partial charge in [0, 0.05) is 17.6 Å². The van der Waals surface area contributed by atoms with E-state index in [4.69, 9.17) is 16.2 Å². The van der Waals surface area contributed by atoms with Crippen molar-refractivity contribution in [3.8, 4) is 11.4 Å². The van der Waals surface area contributed by atoms with Crippen molar-refractivity contribution in [2.24, 2.45) is 0 Å². The summed E-state index contributed by atoms with van der Waals surface area (Å²) >= 11 is 0. The van der Waals surface area contributed by atoms with Crippen LogP contribution in [0.1, 0.15) is 47.0 Å². The first-order valence-corrected chi connectivity index (χ1v) is 9.18. The largest absolute Gasteiger partial charge is 0.492 e. The molecule has 4 N–H and O–H groups in total. The second kappa shape index (κ2) is 6.79. The minimum Gasteiger partial charge on any atom is -0.492 e. The molecule has 7 nitrogen and oxygen atoms in total. The van der Waals surface area contributed by atoms with E-state index < -0.39 is 0 Å². The zero-order valence-corrected chi connectivity index (χ0v) is 16.2. The summed E-state index contributed by atoms with van der Waals surface area (Å²) in [5, 5.41) is 4.08. The van der Waals surface area contributed by atoms with Crippen LogP contribution in [0.15, 0.2) is 24.3 Å². The molecule has 0 bridgehead atoms. The molecule has 0 atom stereocenters. The summed E-state index contributed by atoms with van der Waals surface area (Å²) in [5.74, 6) is 1.26. The summed E-state index contributed by atoms with van der Waals surface area (Å²) in [7, 11) is 0. The van der Waals surface area contributed by atoms with Gasteiger partial charge in [-0.15, -0.1) is 5.10 Å². The van der Waals surface area contributed by atoms with Crippen LogP contribution in [-0.4, -0.2) is 43.9 Å². The number of aromatic nitrogens is 3. The van der Waals surface area contributed by atoms with Gasteiger partial charge in [-0.2, -0.15) is 9.67 Å². The summed E-state index contributed by atoms with van der Waals surface area (Å²) < 4.78 is 7.49. The van der Waals surface area contributed by atoms with Crippen molar-refractivity contribution in [3.05, 3.63) is 24.3 Å². The Labute approximate surface area is 155 Å². The molecule has 0 amide bonds. The Hall–Kier alpha value is -2.28. The molecular formula is C19H30N6O. The number of benzene rings is 1. The molecule has 3 rings (SSSR count). The first-order chi connectivity index (χ1) is 12.2. The highest BCUT2D eigenvalue weighted by Gasteiger charge is 2.40. The third-order valence-electron chi connectivity index (χ3n) is 5.35. The molecule has 1 aliphatic heterocycles. The van der Waals surface area contributed by atoms with Crippen LogP contribution in [0.5, 0.6) is 5.75 Å². The molecule has 7 heteroatoms. The Kier molecular flexibility index (Phi) is 4.84. The minimum absolute atomic E-state index is 0.162. The zero-order chi connectivity index (χ0) is 18.9. The third-order valence-corrected chi connectivity index (χ3v) is 5.35. The van der Waals surface area contributed by atoms with Crippen molar-refractivity contribution in [3.63, 3.8) is 0 Å². The molecule has 2 heterocycles. The number of hydrogen-bond donors (Lipinski definition) is 2. The van der Waals surface area contributed by atoms with Crippen molar-refractivity contribution in [1.29, 1.82) is 0 Å². The lowest BCUT2D eigenvalue weighted by Crippen LogP contribution is -2.59. The number of anilines is 2. The van der Waals surface area contributed by atoms with Crippen LogP contribution in [0.3, 0.4) is 0 Å². The number of piperidine rings is 1. The van der Waals surface area contributed by atoms with Crippen molar-refractivity contribution in [1.82, 2.24) is 19.7 Å². The number of ether oxygens (including phenoxy) is 1. The predicted octanol–water partition coefficient (Wildman–Crippen LogP) is 2.85. The maximum absolute atomic E-state index is 5.98. The fourth-order valence-corrected chi connectivity index (χ4v) is 4.12. The number of nitrogens with zero attached hydrogens (tertiary/aromatic N) is 4. The van der Waals surface area contributed by atoms with Gasteiger partial charge in [-0.1, -0.05) is 0 Å². The second-order valence-electron chi connectivity index (χ2n) is 8.21. The van der Waals surface area contributed by atoms with Crippen LogP contribution in [0.2, 0.25) is 0 Å². The average molecular weight is 358 g/mol. The van der Waals surface area contributed by atoms with E-state index in [1.54, 1.807) is 0 Å². The predicted molar refractivity (Wildman–Crippen MR) is 104 cm³/mol. The van der Waals surface area contributed by atoms with E-state index in [0.717, 1.165) is 18.0 Å². The Balaban J connectivity index is 1.61. The molecule has 1 fully saturated rings. The zero-order valence-electron chi connectivity index (χ0n) is 16.2. The molecule has 0 aliphatic carbocycles. The quantitative estimate of drug-likeness (QED) is 0.853. The van der Waals surface area contributed by atoms with E-state index in [1.165, 1.54) is 23.9 Å². The molecule has 1 aromatic carbocycles. The van der Waals surface area contributed by atoms with Gasteiger partial charge < -0.3 is 16.2 Å². The van der Waals surface area contributed by atoms with Crippen molar-refractivity contribution < 1.29 is 4.74 Å². The Morgan fingerprint density at radius 1 is 1.04 bits per heavy atom. The molecule has 2 aromatic rings. The van der Waals surface area contributed by atoms with Gasteiger partial charge in [0.1, 0.15) is 12.4 Å². The molecule has 0 unspecified atom stereocenters. The standard InChI is InChI=1S/C19H30N6O/c1-18(2)10-5-11-19(3,4)24(18)12-13-26-15-8-6-14(7-9-15)25-17(21)22-16(20)23-25/h6-9H,5,10-13H2,1-4H3,(H4,20,21,22,23). The molecule has 0 radical (unpaired) electrons. The normalized spacial score (nSPS) is 19.4. The van der Waals surface area contributed by atoms with E-state index in [0.29, 0.717) is 6.61 Å². The lowest BCUT2D eigenvalue weighted by atomic mass is 9.80. The molecule has 26 heavy (non-hydrogen) atoms. The van der Waals surface area contributed by atoms with Crippen LogP contribution < -0.4 is 16.2 Å². The summed E-state index contributed by atoms with van der Waals surface area (Å²) in [6.07, 6.45) is 3.75. The Bertz CT molecular complexity index is 734. The van der Waals surface area contributed by atoms with E-state index >= 15 is 0 Å². The van der Waals surface area contributed by atoms with Gasteiger partial charge in [0.2, 0.25) is 11.9 Å². The molecule has 142 valence electrons. The molecule has 0 spiro atoms. The molecule has 1 saturated heterocycles. The van der Waals surface area contributed by atoms with Crippen LogP contribution in [0.4, 0.5) is 11.9 Å². The van der Waals surface area contributed by atoms with Crippen molar-refractivity contribution in [2.75, 3.05) is 24.6 Å². The molecule has 0 saturated carbocycles. The first-order valence-electron chi connectivity index (χ1n) is 9.18. The van der Waals surface area contributed by atoms with Gasteiger partial charge in [0.05, 0.1) is 5.69 Å². The maximum Gasteiger partial charge on any atom is 0.241 e. The highest BCUT2D eigenvalue weighted by molar-refractivity contribution is 5.42. The Morgan fingerprint density at radius 2 is 1.65 bits per heavy atom. The number of rotatable bonds is 5.